The van der Waals surface area contributed by atoms with Crippen LogP contribution >= 0.6 is 0 Å². The minimum Gasteiger partial charge on any atom is -0.474 e. The number of rotatable bonds is 6. The van der Waals surface area contributed by atoms with Gasteiger partial charge in [-0.25, -0.2) is 4.98 Å². The molecule has 4 aromatic rings. The highest BCUT2D eigenvalue weighted by molar-refractivity contribution is 5.82. The van der Waals surface area contributed by atoms with Crippen LogP contribution in [0.2, 0.25) is 0 Å². The van der Waals surface area contributed by atoms with E-state index in [0.29, 0.717) is 23.7 Å². The van der Waals surface area contributed by atoms with Gasteiger partial charge in [-0.2, -0.15) is 4.98 Å². The number of pyridine rings is 1. The van der Waals surface area contributed by atoms with E-state index in [0.717, 1.165) is 44.3 Å². The second kappa shape index (κ2) is 8.98. The van der Waals surface area contributed by atoms with Crippen LogP contribution < -0.4 is 4.74 Å². The molecule has 1 aromatic carbocycles. The van der Waals surface area contributed by atoms with Crippen molar-refractivity contribution in [1.82, 2.24) is 25.0 Å². The van der Waals surface area contributed by atoms with Gasteiger partial charge in [-0.1, -0.05) is 29.8 Å². The monoisotopic (exact) mass is 443 g/mol. The van der Waals surface area contributed by atoms with Crippen LogP contribution in [-0.4, -0.2) is 37.7 Å². The number of aromatic nitrogens is 4. The number of likely N-dealkylation sites (tertiary alicyclic amines) is 1. The van der Waals surface area contributed by atoms with Gasteiger partial charge in [0, 0.05) is 41.5 Å². The number of para-hydroxylation sites is 1. The third-order valence-corrected chi connectivity index (χ3v) is 6.97. The number of aromatic amines is 1. The molecule has 7 nitrogen and oxygen atoms in total. The van der Waals surface area contributed by atoms with Crippen LogP contribution in [0, 0.1) is 0 Å². The summed E-state index contributed by atoms with van der Waals surface area (Å²) in [6.07, 6.45) is 12.4. The van der Waals surface area contributed by atoms with Crippen LogP contribution in [0.5, 0.6) is 5.88 Å². The minimum atomic E-state index is 0.141. The normalized spacial score (nSPS) is 19.9. The summed E-state index contributed by atoms with van der Waals surface area (Å²) in [4.78, 5) is 15.0. The number of H-pyrrole nitrogens is 1. The highest BCUT2D eigenvalue weighted by atomic mass is 16.5. The molecular weight excluding hydrogens is 414 g/mol. The molecule has 1 atom stereocenters. The van der Waals surface area contributed by atoms with Crippen LogP contribution in [0.15, 0.2) is 53.3 Å². The summed E-state index contributed by atoms with van der Waals surface area (Å²) in [6.45, 7) is 1.89. The Morgan fingerprint density at radius 2 is 1.94 bits per heavy atom. The van der Waals surface area contributed by atoms with Crippen molar-refractivity contribution in [2.45, 2.75) is 63.6 Å². The van der Waals surface area contributed by atoms with Crippen LogP contribution in [0.3, 0.4) is 0 Å². The Morgan fingerprint density at radius 1 is 1.03 bits per heavy atom. The number of ether oxygens (including phenoxy) is 1. The predicted molar refractivity (Wildman–Crippen MR) is 126 cm³/mol. The average molecular weight is 444 g/mol. The Hall–Kier alpha value is -3.19. The lowest BCUT2D eigenvalue weighted by atomic mass is 9.98. The molecule has 33 heavy (non-hydrogen) atoms. The van der Waals surface area contributed by atoms with Crippen molar-refractivity contribution in [2.75, 3.05) is 6.54 Å². The van der Waals surface area contributed by atoms with Crippen LogP contribution in [-0.2, 0) is 6.54 Å². The van der Waals surface area contributed by atoms with Gasteiger partial charge in [0.25, 0.3) is 0 Å². The molecule has 2 aliphatic rings. The van der Waals surface area contributed by atoms with E-state index >= 15 is 0 Å². The zero-order valence-corrected chi connectivity index (χ0v) is 18.7. The first kappa shape index (κ1) is 20.4. The second-order valence-electron chi connectivity index (χ2n) is 9.21. The number of hydrogen-bond acceptors (Lipinski definition) is 6. The Kier molecular flexibility index (Phi) is 5.56. The van der Waals surface area contributed by atoms with Gasteiger partial charge in [0.2, 0.25) is 17.6 Å². The zero-order chi connectivity index (χ0) is 22.0. The van der Waals surface area contributed by atoms with Gasteiger partial charge >= 0.3 is 0 Å². The number of nitrogens with zero attached hydrogens (tertiary/aromatic N) is 4. The van der Waals surface area contributed by atoms with Crippen molar-refractivity contribution < 1.29 is 9.26 Å². The molecule has 1 aliphatic carbocycles. The summed E-state index contributed by atoms with van der Waals surface area (Å²) in [6, 6.07) is 12.5. The molecule has 3 aromatic heterocycles. The molecule has 6 rings (SSSR count). The Morgan fingerprint density at radius 3 is 2.82 bits per heavy atom. The van der Waals surface area contributed by atoms with E-state index in [1.54, 1.807) is 6.20 Å². The summed E-state index contributed by atoms with van der Waals surface area (Å²) in [5.74, 6) is 1.94. The fourth-order valence-electron chi connectivity index (χ4n) is 5.20. The third-order valence-electron chi connectivity index (χ3n) is 6.97. The quantitative estimate of drug-likeness (QED) is 0.414. The number of benzene rings is 1. The van der Waals surface area contributed by atoms with Crippen molar-refractivity contribution in [3.63, 3.8) is 0 Å². The Balaban J connectivity index is 1.15. The fourth-order valence-corrected chi connectivity index (χ4v) is 5.20. The Bertz CT molecular complexity index is 1210. The summed E-state index contributed by atoms with van der Waals surface area (Å²) >= 11 is 0. The lowest BCUT2D eigenvalue weighted by Gasteiger charge is -2.22. The second-order valence-corrected chi connectivity index (χ2v) is 9.21. The summed E-state index contributed by atoms with van der Waals surface area (Å²) in [5, 5.41) is 5.53. The van der Waals surface area contributed by atoms with E-state index in [4.69, 9.17) is 14.2 Å². The number of nitrogens with one attached hydrogen (secondary N) is 1. The molecule has 0 unspecified atom stereocenters. The van der Waals surface area contributed by atoms with E-state index in [1.165, 1.54) is 35.7 Å². The van der Waals surface area contributed by atoms with Gasteiger partial charge in [-0.05, 0) is 62.8 Å². The average Bonchev–Trinajstić information content (AvgIpc) is 3.61. The molecule has 170 valence electrons. The van der Waals surface area contributed by atoms with Gasteiger partial charge in [-0.3, -0.25) is 4.90 Å². The SMILES string of the molecule is c1ccc2c(CN3CCC[C@H]3c3nc(-c4ccc(OC5CCCCC5)nc4)no3)c[nH]c2c1. The smallest absolute Gasteiger partial charge is 0.244 e. The largest absolute Gasteiger partial charge is 0.474 e. The topological polar surface area (TPSA) is 80.1 Å². The molecular formula is C26H29N5O2. The molecule has 1 aliphatic heterocycles. The highest BCUT2D eigenvalue weighted by Gasteiger charge is 2.31. The van der Waals surface area contributed by atoms with Gasteiger partial charge in [0.1, 0.15) is 6.10 Å². The highest BCUT2D eigenvalue weighted by Crippen LogP contribution is 2.34. The van der Waals surface area contributed by atoms with E-state index in [9.17, 15) is 0 Å². The first-order valence-corrected chi connectivity index (χ1v) is 12.1. The Labute approximate surface area is 193 Å². The minimum absolute atomic E-state index is 0.141. The first-order valence-electron chi connectivity index (χ1n) is 12.1. The lowest BCUT2D eigenvalue weighted by Crippen LogP contribution is -2.22. The van der Waals surface area contributed by atoms with Gasteiger partial charge in [-0.15, -0.1) is 0 Å². The summed E-state index contributed by atoms with van der Waals surface area (Å²) < 4.78 is 11.8. The zero-order valence-electron chi connectivity index (χ0n) is 18.7. The maximum Gasteiger partial charge on any atom is 0.244 e. The van der Waals surface area contributed by atoms with Crippen molar-refractivity contribution in [3.05, 3.63) is 60.2 Å². The van der Waals surface area contributed by atoms with Crippen LogP contribution in [0.4, 0.5) is 0 Å². The first-order chi connectivity index (χ1) is 16.3. The van der Waals surface area contributed by atoms with Crippen molar-refractivity contribution in [3.8, 4) is 17.3 Å². The molecule has 0 bridgehead atoms. The summed E-state index contributed by atoms with van der Waals surface area (Å²) in [5.41, 5.74) is 3.32. The molecule has 0 amide bonds. The van der Waals surface area contributed by atoms with Crippen LogP contribution in [0.1, 0.15) is 62.4 Å². The van der Waals surface area contributed by atoms with E-state index < -0.39 is 0 Å². The predicted octanol–water partition coefficient (Wildman–Crippen LogP) is 5.66. The van der Waals surface area contributed by atoms with Crippen molar-refractivity contribution in [1.29, 1.82) is 0 Å². The lowest BCUT2D eigenvalue weighted by molar-refractivity contribution is 0.148. The van der Waals surface area contributed by atoms with E-state index in [-0.39, 0.29) is 6.04 Å². The maximum absolute atomic E-state index is 6.04. The molecule has 0 radical (unpaired) electrons. The van der Waals surface area contributed by atoms with E-state index in [1.807, 2.05) is 12.1 Å². The molecule has 0 spiro atoms. The van der Waals surface area contributed by atoms with Crippen LogP contribution in [0.25, 0.3) is 22.3 Å². The molecule has 1 saturated heterocycles. The van der Waals surface area contributed by atoms with Gasteiger partial charge in [0.15, 0.2) is 0 Å². The summed E-state index contributed by atoms with van der Waals surface area (Å²) in [7, 11) is 0. The molecule has 7 heteroatoms. The number of fused-ring (bicyclic) bond motifs is 1. The standard InChI is InChI=1S/C26H29N5O2/c1-2-7-20(8-3-1)32-24-13-12-18(15-28-24)25-29-26(33-30-25)23-11-6-14-31(23)17-19-16-27-22-10-5-4-9-21(19)22/h4-5,9-10,12-13,15-16,20,23,27H,1-3,6-8,11,14,17H2/t23-/m0/s1. The van der Waals surface area contributed by atoms with Crippen molar-refractivity contribution >= 4 is 10.9 Å². The van der Waals surface area contributed by atoms with E-state index in [2.05, 4.69) is 50.5 Å². The van der Waals surface area contributed by atoms with Gasteiger partial charge in [0.05, 0.1) is 6.04 Å². The molecule has 1 saturated carbocycles. The molecule has 1 N–H and O–H groups in total. The maximum atomic E-state index is 6.04. The van der Waals surface area contributed by atoms with Gasteiger partial charge < -0.3 is 14.2 Å². The van der Waals surface area contributed by atoms with Crippen molar-refractivity contribution in [2.24, 2.45) is 0 Å². The fraction of sp³-hybridized carbons (Fsp3) is 0.423. The number of hydrogen-bond donors (Lipinski definition) is 1. The molecule has 4 heterocycles. The molecule has 2 fully saturated rings. The third kappa shape index (κ3) is 4.25.